The molecule has 0 aromatic carbocycles. The molecule has 1 amide bonds. The molecular formula is C21H33N3O3S. The Morgan fingerprint density at radius 2 is 1.86 bits per heavy atom. The number of ether oxygens (including phenoxy) is 1. The highest BCUT2D eigenvalue weighted by Gasteiger charge is 2.30. The molecule has 1 aliphatic carbocycles. The summed E-state index contributed by atoms with van der Waals surface area (Å²) in [5.74, 6) is 0.457. The fraction of sp³-hybridized carbons (Fsp3) is 0.714. The standard InChI is InChI=1S/C21H33N3O3S/c1-12-8-7-9-18(13(12)2)24-20(26)16(5)27-19(25)11-10-17-14(3)22-21(28-6)23-15(17)4/h12-13,16,18H,7-11H2,1-6H3,(H,24,26)/t12-,13-,16-,18-/m0/s1. The first-order chi connectivity index (χ1) is 13.2. The van der Waals surface area contributed by atoms with Gasteiger partial charge in [0.15, 0.2) is 11.3 Å². The van der Waals surface area contributed by atoms with Gasteiger partial charge in [0.05, 0.1) is 0 Å². The van der Waals surface area contributed by atoms with Gasteiger partial charge in [-0.3, -0.25) is 9.59 Å². The number of amides is 1. The SMILES string of the molecule is CSc1nc(C)c(CCC(=O)O[C@@H](C)C(=O)N[C@H]2CCC[C@H](C)[C@@H]2C)c(C)n1. The number of thioether (sulfide) groups is 1. The van der Waals surface area contributed by atoms with Crippen LogP contribution in [0.15, 0.2) is 5.16 Å². The second-order valence-corrected chi connectivity index (χ2v) is 8.65. The molecule has 7 heteroatoms. The van der Waals surface area contributed by atoms with Crippen LogP contribution in [0.2, 0.25) is 0 Å². The molecule has 6 nitrogen and oxygen atoms in total. The molecule has 0 spiro atoms. The lowest BCUT2D eigenvalue weighted by Gasteiger charge is -2.35. The van der Waals surface area contributed by atoms with Crippen LogP contribution >= 0.6 is 11.8 Å². The predicted octanol–water partition coefficient (Wildman–Crippen LogP) is 3.62. The molecule has 1 N–H and O–H groups in total. The Hall–Kier alpha value is -1.63. The molecule has 2 rings (SSSR count). The van der Waals surface area contributed by atoms with E-state index in [0.29, 0.717) is 18.3 Å². The van der Waals surface area contributed by atoms with Crippen molar-refractivity contribution in [1.82, 2.24) is 15.3 Å². The third kappa shape index (κ3) is 5.93. The number of nitrogens with zero attached hydrogens (tertiary/aromatic N) is 2. The minimum Gasteiger partial charge on any atom is -0.453 e. The molecule has 156 valence electrons. The zero-order valence-electron chi connectivity index (χ0n) is 17.9. The normalized spacial score (nSPS) is 23.1. The average molecular weight is 408 g/mol. The highest BCUT2D eigenvalue weighted by molar-refractivity contribution is 7.98. The lowest BCUT2D eigenvalue weighted by Crippen LogP contribution is -2.47. The minimum absolute atomic E-state index is 0.162. The average Bonchev–Trinajstić information content (AvgIpc) is 2.64. The maximum Gasteiger partial charge on any atom is 0.306 e. The second kappa shape index (κ2) is 10.2. The van der Waals surface area contributed by atoms with Crippen molar-refractivity contribution in [1.29, 1.82) is 0 Å². The van der Waals surface area contributed by atoms with E-state index >= 15 is 0 Å². The molecule has 1 saturated carbocycles. The Morgan fingerprint density at radius 3 is 2.46 bits per heavy atom. The number of nitrogens with one attached hydrogen (secondary N) is 1. The van der Waals surface area contributed by atoms with Crippen molar-refractivity contribution >= 4 is 23.6 Å². The minimum atomic E-state index is -0.783. The van der Waals surface area contributed by atoms with E-state index in [1.165, 1.54) is 18.2 Å². The van der Waals surface area contributed by atoms with Gasteiger partial charge in [-0.25, -0.2) is 9.97 Å². The van der Waals surface area contributed by atoms with Crippen LogP contribution in [-0.2, 0) is 20.7 Å². The Balaban J connectivity index is 1.84. The molecule has 0 unspecified atom stereocenters. The van der Waals surface area contributed by atoms with Crippen LogP contribution in [0.4, 0.5) is 0 Å². The lowest BCUT2D eigenvalue weighted by molar-refractivity contribution is -0.155. The first-order valence-electron chi connectivity index (χ1n) is 10.1. The van der Waals surface area contributed by atoms with E-state index in [1.54, 1.807) is 6.92 Å². The molecule has 0 bridgehead atoms. The van der Waals surface area contributed by atoms with Gasteiger partial charge >= 0.3 is 5.97 Å². The summed E-state index contributed by atoms with van der Waals surface area (Å²) in [5, 5.41) is 3.80. The third-order valence-electron chi connectivity index (χ3n) is 5.87. The summed E-state index contributed by atoms with van der Waals surface area (Å²) >= 11 is 1.50. The van der Waals surface area contributed by atoms with Gasteiger partial charge in [-0.1, -0.05) is 38.5 Å². The van der Waals surface area contributed by atoms with E-state index in [-0.39, 0.29) is 24.3 Å². The van der Waals surface area contributed by atoms with Crippen LogP contribution in [0.1, 0.15) is 63.4 Å². The fourth-order valence-corrected chi connectivity index (χ4v) is 4.24. The van der Waals surface area contributed by atoms with Crippen molar-refractivity contribution in [2.45, 2.75) is 84.0 Å². The van der Waals surface area contributed by atoms with Gasteiger partial charge in [-0.05, 0) is 57.3 Å². The van der Waals surface area contributed by atoms with E-state index in [2.05, 4.69) is 29.1 Å². The number of carbonyl (C=O) groups is 2. The summed E-state index contributed by atoms with van der Waals surface area (Å²) in [5.41, 5.74) is 2.74. The highest BCUT2D eigenvalue weighted by Crippen LogP contribution is 2.29. The van der Waals surface area contributed by atoms with Gasteiger partial charge in [0.1, 0.15) is 0 Å². The van der Waals surface area contributed by atoms with Crippen molar-refractivity contribution in [2.24, 2.45) is 11.8 Å². The van der Waals surface area contributed by atoms with Crippen LogP contribution in [-0.4, -0.2) is 40.2 Å². The first kappa shape index (κ1) is 22.7. The largest absolute Gasteiger partial charge is 0.453 e. The number of carbonyl (C=O) groups excluding carboxylic acids is 2. The van der Waals surface area contributed by atoms with Crippen molar-refractivity contribution in [3.05, 3.63) is 17.0 Å². The molecule has 1 aromatic rings. The highest BCUT2D eigenvalue weighted by atomic mass is 32.2. The lowest BCUT2D eigenvalue weighted by atomic mass is 9.78. The van der Waals surface area contributed by atoms with Crippen molar-refractivity contribution in [3.8, 4) is 0 Å². The van der Waals surface area contributed by atoms with Crippen LogP contribution < -0.4 is 5.32 Å². The van der Waals surface area contributed by atoms with E-state index < -0.39 is 6.10 Å². The Labute approximate surface area is 172 Å². The maximum absolute atomic E-state index is 12.4. The smallest absolute Gasteiger partial charge is 0.306 e. The zero-order chi connectivity index (χ0) is 20.8. The van der Waals surface area contributed by atoms with Crippen molar-refractivity contribution < 1.29 is 14.3 Å². The number of aryl methyl sites for hydroxylation is 2. The van der Waals surface area contributed by atoms with Gasteiger partial charge in [0.2, 0.25) is 0 Å². The Bertz CT molecular complexity index is 687. The number of hydrogen-bond donors (Lipinski definition) is 1. The first-order valence-corrected chi connectivity index (χ1v) is 11.3. The predicted molar refractivity (Wildman–Crippen MR) is 111 cm³/mol. The molecule has 4 atom stereocenters. The van der Waals surface area contributed by atoms with E-state index in [0.717, 1.165) is 34.9 Å². The third-order valence-corrected chi connectivity index (χ3v) is 6.42. The number of hydrogen-bond acceptors (Lipinski definition) is 6. The molecule has 1 aliphatic rings. The molecule has 28 heavy (non-hydrogen) atoms. The van der Waals surface area contributed by atoms with Gasteiger partial charge in [-0.15, -0.1) is 0 Å². The van der Waals surface area contributed by atoms with Crippen LogP contribution in [0, 0.1) is 25.7 Å². The molecule has 1 fully saturated rings. The van der Waals surface area contributed by atoms with Crippen molar-refractivity contribution in [2.75, 3.05) is 6.26 Å². The van der Waals surface area contributed by atoms with E-state index in [1.807, 2.05) is 20.1 Å². The van der Waals surface area contributed by atoms with Gasteiger partial charge in [0, 0.05) is 23.9 Å². The summed E-state index contributed by atoms with van der Waals surface area (Å²) in [6.45, 7) is 9.90. The van der Waals surface area contributed by atoms with Gasteiger partial charge in [-0.2, -0.15) is 0 Å². The van der Waals surface area contributed by atoms with Crippen LogP contribution in [0.3, 0.4) is 0 Å². The summed E-state index contributed by atoms with van der Waals surface area (Å²) in [4.78, 5) is 33.5. The number of esters is 1. The van der Waals surface area contributed by atoms with E-state index in [4.69, 9.17) is 4.74 Å². The second-order valence-electron chi connectivity index (χ2n) is 7.87. The quantitative estimate of drug-likeness (QED) is 0.422. The molecule has 1 aromatic heterocycles. The molecule has 1 heterocycles. The summed E-state index contributed by atoms with van der Waals surface area (Å²) < 4.78 is 5.37. The number of rotatable bonds is 7. The molecule has 0 aliphatic heterocycles. The van der Waals surface area contributed by atoms with E-state index in [9.17, 15) is 9.59 Å². The zero-order valence-corrected chi connectivity index (χ0v) is 18.7. The van der Waals surface area contributed by atoms with Gasteiger partial charge in [0.25, 0.3) is 5.91 Å². The topological polar surface area (TPSA) is 81.2 Å². The van der Waals surface area contributed by atoms with Gasteiger partial charge < -0.3 is 10.1 Å². The summed E-state index contributed by atoms with van der Waals surface area (Å²) in [7, 11) is 0. The molecular weight excluding hydrogens is 374 g/mol. The van der Waals surface area contributed by atoms with Crippen LogP contribution in [0.25, 0.3) is 0 Å². The maximum atomic E-state index is 12.4. The summed E-state index contributed by atoms with van der Waals surface area (Å²) in [6, 6.07) is 0.162. The number of aromatic nitrogens is 2. The monoisotopic (exact) mass is 407 g/mol. The molecule has 0 radical (unpaired) electrons. The fourth-order valence-electron chi connectivity index (χ4n) is 3.78. The Kier molecular flexibility index (Phi) is 8.28. The van der Waals surface area contributed by atoms with Crippen LogP contribution in [0.5, 0.6) is 0 Å². The Morgan fingerprint density at radius 1 is 1.21 bits per heavy atom. The van der Waals surface area contributed by atoms with Crippen molar-refractivity contribution in [3.63, 3.8) is 0 Å². The summed E-state index contributed by atoms with van der Waals surface area (Å²) in [6.07, 6.45) is 5.19. The molecule has 0 saturated heterocycles.